The van der Waals surface area contributed by atoms with Crippen molar-refractivity contribution in [3.05, 3.63) is 18.9 Å². The van der Waals surface area contributed by atoms with E-state index in [1.54, 1.807) is 0 Å². The molecule has 0 unspecified atom stereocenters. The number of hydrogen-bond donors (Lipinski definition) is 5. The third kappa shape index (κ3) is 3.06. The molecule has 0 aliphatic rings. The molecular formula is C12H18N4O6. The molecule has 5 atom stereocenters. The van der Waals surface area contributed by atoms with E-state index in [1.165, 1.54) is 30.5 Å². The van der Waals surface area contributed by atoms with Gasteiger partial charge in [-0.25, -0.2) is 15.0 Å². The van der Waals surface area contributed by atoms with Gasteiger partial charge in [0.05, 0.1) is 19.1 Å². The lowest BCUT2D eigenvalue weighted by atomic mass is 10.0. The number of aliphatic hydroxyl groups excluding tert-OH is 5. The first-order chi connectivity index (χ1) is 10.5. The molecular weight excluding hydrogens is 296 g/mol. The van der Waals surface area contributed by atoms with Crippen LogP contribution in [0.5, 0.6) is 0 Å². The lowest BCUT2D eigenvalue weighted by Gasteiger charge is -2.30. The topological polar surface area (TPSA) is 154 Å². The molecule has 0 aliphatic carbocycles. The second kappa shape index (κ2) is 7.05. The van der Waals surface area contributed by atoms with Gasteiger partial charge >= 0.3 is 0 Å². The average Bonchev–Trinajstić information content (AvgIpc) is 2.97. The second-order valence-electron chi connectivity index (χ2n) is 4.73. The van der Waals surface area contributed by atoms with Crippen molar-refractivity contribution < 1.29 is 30.3 Å². The molecule has 10 heteroatoms. The highest BCUT2D eigenvalue weighted by atomic mass is 16.5. The summed E-state index contributed by atoms with van der Waals surface area (Å²) in [5.74, 6) is 0. The smallest absolute Gasteiger partial charge is 0.165 e. The van der Waals surface area contributed by atoms with E-state index < -0.39 is 37.3 Å². The molecule has 0 spiro atoms. The minimum atomic E-state index is -1.76. The lowest BCUT2D eigenvalue weighted by Crippen LogP contribution is -2.49. The van der Waals surface area contributed by atoms with Crippen LogP contribution in [-0.2, 0) is 4.74 Å². The molecule has 0 bridgehead atoms. The molecule has 10 nitrogen and oxygen atoms in total. The van der Waals surface area contributed by atoms with E-state index in [0.29, 0.717) is 11.2 Å². The summed E-state index contributed by atoms with van der Waals surface area (Å²) in [6.07, 6.45) is -3.71. The molecule has 5 N–H and O–H groups in total. The van der Waals surface area contributed by atoms with Crippen LogP contribution in [0.4, 0.5) is 0 Å². The van der Waals surface area contributed by atoms with Crippen molar-refractivity contribution in [1.29, 1.82) is 0 Å². The van der Waals surface area contributed by atoms with Crippen molar-refractivity contribution in [2.45, 2.75) is 30.6 Å². The number of ether oxygens (including phenoxy) is 1. The van der Waals surface area contributed by atoms with Crippen LogP contribution in [-0.4, -0.2) is 83.2 Å². The first-order valence-corrected chi connectivity index (χ1v) is 6.49. The standard InChI is InChI=1S/C12H18N4O6/c1-22-12(10(21)9(20)8(19)7(18)3-17)16-5-15-6-2-13-4-14-11(6)16/h2,4-5,7-10,12,17-21H,3H2,1H3/t7-,8-,9-,10+,12-/m1/s1. The average molecular weight is 314 g/mol. The maximum Gasteiger partial charge on any atom is 0.165 e. The van der Waals surface area contributed by atoms with E-state index in [-0.39, 0.29) is 0 Å². The van der Waals surface area contributed by atoms with Crippen LogP contribution < -0.4 is 0 Å². The van der Waals surface area contributed by atoms with E-state index in [2.05, 4.69) is 15.0 Å². The van der Waals surface area contributed by atoms with Gasteiger partial charge in [-0.15, -0.1) is 0 Å². The Balaban J connectivity index is 2.27. The van der Waals surface area contributed by atoms with Gasteiger partial charge < -0.3 is 30.3 Å². The number of fused-ring (bicyclic) bond motifs is 1. The molecule has 0 aliphatic heterocycles. The number of aliphatic hydroxyl groups is 5. The highest BCUT2D eigenvalue weighted by molar-refractivity contribution is 5.68. The van der Waals surface area contributed by atoms with Crippen molar-refractivity contribution in [3.63, 3.8) is 0 Å². The number of nitrogens with zero attached hydrogens (tertiary/aromatic N) is 4. The molecule has 2 heterocycles. The van der Waals surface area contributed by atoms with Crippen molar-refractivity contribution in [3.8, 4) is 0 Å². The molecule has 2 aromatic rings. The first-order valence-electron chi connectivity index (χ1n) is 6.49. The summed E-state index contributed by atoms with van der Waals surface area (Å²) >= 11 is 0. The highest BCUT2D eigenvalue weighted by Gasteiger charge is 2.36. The Morgan fingerprint density at radius 3 is 2.50 bits per heavy atom. The fourth-order valence-electron chi connectivity index (χ4n) is 2.09. The van der Waals surface area contributed by atoms with Gasteiger partial charge in [0.15, 0.2) is 11.9 Å². The van der Waals surface area contributed by atoms with Gasteiger partial charge in [-0.3, -0.25) is 4.57 Å². The molecule has 0 aromatic carbocycles. The van der Waals surface area contributed by atoms with Crippen LogP contribution in [0.3, 0.4) is 0 Å². The summed E-state index contributed by atoms with van der Waals surface area (Å²) in [5, 5.41) is 48.0. The fraction of sp³-hybridized carbons (Fsp3) is 0.583. The molecule has 122 valence electrons. The molecule has 0 saturated carbocycles. The molecule has 22 heavy (non-hydrogen) atoms. The first kappa shape index (κ1) is 16.7. The second-order valence-corrected chi connectivity index (χ2v) is 4.73. The number of aromatic nitrogens is 4. The predicted octanol–water partition coefficient (Wildman–Crippen LogP) is -2.59. The van der Waals surface area contributed by atoms with Gasteiger partial charge in [-0.05, 0) is 0 Å². The maximum atomic E-state index is 10.2. The van der Waals surface area contributed by atoms with E-state index in [0.717, 1.165) is 0 Å². The third-order valence-electron chi connectivity index (χ3n) is 3.33. The quantitative estimate of drug-likeness (QED) is 0.370. The summed E-state index contributed by atoms with van der Waals surface area (Å²) in [4.78, 5) is 11.9. The van der Waals surface area contributed by atoms with Crippen LogP contribution in [0.2, 0.25) is 0 Å². The van der Waals surface area contributed by atoms with Crippen molar-refractivity contribution in [1.82, 2.24) is 19.5 Å². The molecule has 2 aromatic heterocycles. The molecule has 0 saturated heterocycles. The summed E-state index contributed by atoms with van der Waals surface area (Å²) < 4.78 is 6.51. The number of imidazole rings is 1. The summed E-state index contributed by atoms with van der Waals surface area (Å²) in [6.45, 7) is -0.760. The Kier molecular flexibility index (Phi) is 5.34. The Bertz CT molecular complexity index is 608. The van der Waals surface area contributed by atoms with E-state index in [4.69, 9.17) is 9.84 Å². The largest absolute Gasteiger partial charge is 0.394 e. The predicted molar refractivity (Wildman–Crippen MR) is 72.5 cm³/mol. The van der Waals surface area contributed by atoms with Crippen LogP contribution in [0.25, 0.3) is 11.2 Å². The fourth-order valence-corrected chi connectivity index (χ4v) is 2.09. The van der Waals surface area contributed by atoms with Gasteiger partial charge in [-0.1, -0.05) is 0 Å². The monoisotopic (exact) mass is 314 g/mol. The van der Waals surface area contributed by atoms with E-state index in [9.17, 15) is 20.4 Å². The van der Waals surface area contributed by atoms with Crippen molar-refractivity contribution in [2.75, 3.05) is 13.7 Å². The van der Waals surface area contributed by atoms with Crippen LogP contribution in [0, 0.1) is 0 Å². The zero-order chi connectivity index (χ0) is 16.3. The number of hydrogen-bond acceptors (Lipinski definition) is 9. The van der Waals surface area contributed by atoms with E-state index in [1.807, 2.05) is 0 Å². The summed E-state index contributed by atoms with van der Waals surface area (Å²) in [7, 11) is 1.29. The maximum absolute atomic E-state index is 10.2. The van der Waals surface area contributed by atoms with Gasteiger partial charge in [0.1, 0.15) is 36.3 Å². The minimum absolute atomic E-state index is 0.366. The lowest BCUT2D eigenvalue weighted by molar-refractivity contribution is -0.161. The van der Waals surface area contributed by atoms with Crippen molar-refractivity contribution >= 4 is 11.2 Å². The zero-order valence-corrected chi connectivity index (χ0v) is 11.8. The summed E-state index contributed by atoms with van der Waals surface area (Å²) in [6, 6.07) is 0. The minimum Gasteiger partial charge on any atom is -0.394 e. The Hall–Kier alpha value is -1.69. The Morgan fingerprint density at radius 2 is 1.86 bits per heavy atom. The van der Waals surface area contributed by atoms with Gasteiger partial charge in [0, 0.05) is 7.11 Å². The Morgan fingerprint density at radius 1 is 1.14 bits per heavy atom. The van der Waals surface area contributed by atoms with Crippen LogP contribution in [0.15, 0.2) is 18.9 Å². The van der Waals surface area contributed by atoms with Crippen molar-refractivity contribution in [2.24, 2.45) is 0 Å². The van der Waals surface area contributed by atoms with Gasteiger partial charge in [0.25, 0.3) is 0 Å². The zero-order valence-electron chi connectivity index (χ0n) is 11.8. The molecule has 0 radical (unpaired) electrons. The van der Waals surface area contributed by atoms with Crippen LogP contribution in [0.1, 0.15) is 6.23 Å². The van der Waals surface area contributed by atoms with E-state index >= 15 is 0 Å². The number of rotatable bonds is 7. The molecule has 0 amide bonds. The molecule has 0 fully saturated rings. The SMILES string of the molecule is CO[C@H]([C@@H](O)[C@H](O)[C@H](O)[C@H](O)CO)n1cnc2cncnc21. The van der Waals surface area contributed by atoms with Gasteiger partial charge in [0.2, 0.25) is 0 Å². The highest BCUT2D eigenvalue weighted by Crippen LogP contribution is 2.22. The van der Waals surface area contributed by atoms with Crippen LogP contribution >= 0.6 is 0 Å². The molecule has 2 rings (SSSR count). The third-order valence-corrected chi connectivity index (χ3v) is 3.33. The normalized spacial score (nSPS) is 18.8. The number of methoxy groups -OCH3 is 1. The summed E-state index contributed by atoms with van der Waals surface area (Å²) in [5.41, 5.74) is 0.826. The van der Waals surface area contributed by atoms with Gasteiger partial charge in [-0.2, -0.15) is 0 Å². The Labute approximate surface area is 125 Å².